The minimum Gasteiger partial charge on any atom is -0.501 e. The van der Waals surface area contributed by atoms with Gasteiger partial charge in [0.1, 0.15) is 11.6 Å². The Bertz CT molecular complexity index is 1020. The van der Waals surface area contributed by atoms with Crippen LogP contribution in [0.5, 0.6) is 0 Å². The smallest absolute Gasteiger partial charge is 0.256 e. The number of rotatable bonds is 6. The van der Waals surface area contributed by atoms with Gasteiger partial charge in [-0.15, -0.1) is 0 Å². The molecule has 4 rings (SSSR count). The van der Waals surface area contributed by atoms with Crippen molar-refractivity contribution in [2.45, 2.75) is 32.7 Å². The van der Waals surface area contributed by atoms with E-state index in [1.807, 2.05) is 42.5 Å². The van der Waals surface area contributed by atoms with Crippen LogP contribution in [0.1, 0.15) is 47.7 Å². The molecule has 0 saturated carbocycles. The molecule has 2 aromatic rings. The van der Waals surface area contributed by atoms with Crippen LogP contribution in [0.4, 0.5) is 0 Å². The predicted octanol–water partition coefficient (Wildman–Crippen LogP) is 4.43. The topological polar surface area (TPSA) is 62.7 Å². The largest absolute Gasteiger partial charge is 0.501 e. The van der Waals surface area contributed by atoms with E-state index in [4.69, 9.17) is 9.73 Å². The predicted molar refractivity (Wildman–Crippen MR) is 120 cm³/mol. The van der Waals surface area contributed by atoms with Crippen molar-refractivity contribution in [3.05, 3.63) is 88.3 Å². The zero-order chi connectivity index (χ0) is 20.9. The van der Waals surface area contributed by atoms with Gasteiger partial charge < -0.3 is 15.4 Å². The number of nitrogens with zero attached hydrogens (tertiary/aromatic N) is 1. The van der Waals surface area contributed by atoms with E-state index in [0.717, 1.165) is 48.5 Å². The molecule has 0 bridgehead atoms. The molecule has 0 atom stereocenters. The molecule has 1 aliphatic heterocycles. The standard InChI is InChI=1S/C25H27N3O2/c1-3-26-16-17-9-11-19(12-10-17)25(29)28-23-15-21-22(30-2)14-13-20(24(21)27-23)18-7-5-4-6-8-18/h4-12,26H,3,13-16H2,1-2H3,(H,27,28,29). The summed E-state index contributed by atoms with van der Waals surface area (Å²) in [7, 11) is 1.71. The molecule has 30 heavy (non-hydrogen) atoms. The van der Waals surface area contributed by atoms with E-state index >= 15 is 0 Å². The lowest BCUT2D eigenvalue weighted by Gasteiger charge is -2.20. The second kappa shape index (κ2) is 9.09. The number of ether oxygens (including phenoxy) is 1. The summed E-state index contributed by atoms with van der Waals surface area (Å²) in [5.41, 5.74) is 6.20. The average molecular weight is 402 g/mol. The summed E-state index contributed by atoms with van der Waals surface area (Å²) in [5.74, 6) is 1.50. The van der Waals surface area contributed by atoms with Crippen molar-refractivity contribution in [1.82, 2.24) is 10.6 Å². The van der Waals surface area contributed by atoms with Crippen LogP contribution in [0.15, 0.2) is 76.6 Å². The Labute approximate surface area is 177 Å². The van der Waals surface area contributed by atoms with Crippen molar-refractivity contribution >= 4 is 17.3 Å². The van der Waals surface area contributed by atoms with Crippen LogP contribution in [0.25, 0.3) is 5.57 Å². The molecular weight excluding hydrogens is 374 g/mol. The molecule has 1 amide bonds. The van der Waals surface area contributed by atoms with Crippen LogP contribution in [0.3, 0.4) is 0 Å². The van der Waals surface area contributed by atoms with Crippen LogP contribution in [0.2, 0.25) is 0 Å². The number of fused-ring (bicyclic) bond motifs is 1. The second-order valence-corrected chi connectivity index (χ2v) is 7.47. The zero-order valence-corrected chi connectivity index (χ0v) is 17.5. The summed E-state index contributed by atoms with van der Waals surface area (Å²) < 4.78 is 5.63. The molecule has 0 aromatic heterocycles. The summed E-state index contributed by atoms with van der Waals surface area (Å²) in [4.78, 5) is 17.6. The first-order valence-electron chi connectivity index (χ1n) is 10.4. The third-order valence-electron chi connectivity index (χ3n) is 5.52. The van der Waals surface area contributed by atoms with Gasteiger partial charge in [-0.25, -0.2) is 4.99 Å². The Morgan fingerprint density at radius 3 is 2.50 bits per heavy atom. The highest BCUT2D eigenvalue weighted by atomic mass is 16.5. The van der Waals surface area contributed by atoms with Gasteiger partial charge in [-0.2, -0.15) is 0 Å². The first-order valence-corrected chi connectivity index (χ1v) is 10.4. The fraction of sp³-hybridized carbons (Fsp3) is 0.280. The number of hydrogen-bond donors (Lipinski definition) is 2. The molecule has 0 saturated heterocycles. The van der Waals surface area contributed by atoms with Crippen LogP contribution in [-0.2, 0) is 11.3 Å². The van der Waals surface area contributed by atoms with E-state index in [1.165, 1.54) is 11.1 Å². The van der Waals surface area contributed by atoms with Crippen molar-refractivity contribution in [2.75, 3.05) is 13.7 Å². The maximum absolute atomic E-state index is 12.8. The minimum atomic E-state index is -0.135. The summed E-state index contributed by atoms with van der Waals surface area (Å²) >= 11 is 0. The number of hydrogen-bond acceptors (Lipinski definition) is 4. The highest BCUT2D eigenvalue weighted by Gasteiger charge is 2.30. The monoisotopic (exact) mass is 401 g/mol. The van der Waals surface area contributed by atoms with E-state index in [1.54, 1.807) is 7.11 Å². The Hall–Kier alpha value is -3.18. The third kappa shape index (κ3) is 4.21. The maximum Gasteiger partial charge on any atom is 0.256 e. The van der Waals surface area contributed by atoms with Gasteiger partial charge >= 0.3 is 0 Å². The first-order chi connectivity index (χ1) is 14.7. The molecule has 0 spiro atoms. The molecule has 0 radical (unpaired) electrons. The second-order valence-electron chi connectivity index (χ2n) is 7.47. The zero-order valence-electron chi connectivity index (χ0n) is 17.5. The fourth-order valence-corrected chi connectivity index (χ4v) is 3.95. The quantitative estimate of drug-likeness (QED) is 0.753. The third-order valence-corrected chi connectivity index (χ3v) is 5.52. The fourth-order valence-electron chi connectivity index (χ4n) is 3.95. The van der Waals surface area contributed by atoms with Crippen LogP contribution >= 0.6 is 0 Å². The number of nitrogens with one attached hydrogen (secondary N) is 2. The molecule has 0 fully saturated rings. The van der Waals surface area contributed by atoms with Crippen molar-refractivity contribution < 1.29 is 9.53 Å². The number of aliphatic imine (C=N–C) groups is 1. The summed E-state index contributed by atoms with van der Waals surface area (Å²) in [6.45, 7) is 3.79. The molecule has 5 heteroatoms. The van der Waals surface area contributed by atoms with Crippen molar-refractivity contribution in [1.29, 1.82) is 0 Å². The number of amides is 1. The van der Waals surface area contributed by atoms with Crippen molar-refractivity contribution in [3.63, 3.8) is 0 Å². The summed E-state index contributed by atoms with van der Waals surface area (Å²) in [6.07, 6.45) is 2.31. The highest BCUT2D eigenvalue weighted by molar-refractivity contribution is 6.09. The molecule has 2 N–H and O–H groups in total. The van der Waals surface area contributed by atoms with Gasteiger partial charge in [0.15, 0.2) is 0 Å². The molecule has 154 valence electrons. The molecule has 2 aromatic carbocycles. The number of methoxy groups -OCH3 is 1. The number of allylic oxidation sites excluding steroid dienone is 3. The Balaban J connectivity index is 1.56. The van der Waals surface area contributed by atoms with Gasteiger partial charge in [0.25, 0.3) is 5.91 Å². The molecular formula is C25H27N3O2. The molecule has 2 aliphatic rings. The van der Waals surface area contributed by atoms with E-state index < -0.39 is 0 Å². The number of carbonyl (C=O) groups is 1. The molecule has 1 heterocycles. The lowest BCUT2D eigenvalue weighted by molar-refractivity contribution is 0.0976. The summed E-state index contributed by atoms with van der Waals surface area (Å²) in [6, 6.07) is 18.0. The van der Waals surface area contributed by atoms with Crippen molar-refractivity contribution in [3.8, 4) is 0 Å². The number of carbonyl (C=O) groups excluding carboxylic acids is 1. The Morgan fingerprint density at radius 1 is 1.03 bits per heavy atom. The lowest BCUT2D eigenvalue weighted by Crippen LogP contribution is -2.29. The summed E-state index contributed by atoms with van der Waals surface area (Å²) in [5, 5.41) is 6.29. The Morgan fingerprint density at radius 2 is 1.80 bits per heavy atom. The molecule has 1 aliphatic carbocycles. The molecule has 0 unspecified atom stereocenters. The lowest BCUT2D eigenvalue weighted by atomic mass is 9.89. The highest BCUT2D eigenvalue weighted by Crippen LogP contribution is 2.41. The average Bonchev–Trinajstić information content (AvgIpc) is 3.21. The van der Waals surface area contributed by atoms with Crippen molar-refractivity contribution in [2.24, 2.45) is 4.99 Å². The van der Waals surface area contributed by atoms with Crippen LogP contribution in [0, 0.1) is 0 Å². The molecule has 5 nitrogen and oxygen atoms in total. The number of amidine groups is 1. The van der Waals surface area contributed by atoms with E-state index in [2.05, 4.69) is 29.7 Å². The van der Waals surface area contributed by atoms with Gasteiger partial charge in [-0.1, -0.05) is 49.4 Å². The SMILES string of the molecule is CCNCc1ccc(C(=O)NC2=NC3=C(c4ccccc4)CCC(OC)=C3C2)cc1. The van der Waals surface area contributed by atoms with E-state index in [0.29, 0.717) is 17.8 Å². The van der Waals surface area contributed by atoms with E-state index in [9.17, 15) is 4.79 Å². The van der Waals surface area contributed by atoms with Crippen LogP contribution in [-0.4, -0.2) is 25.4 Å². The maximum atomic E-state index is 12.8. The number of benzene rings is 2. The van der Waals surface area contributed by atoms with Crippen LogP contribution < -0.4 is 10.6 Å². The normalized spacial score (nSPS) is 15.7. The first kappa shape index (κ1) is 20.1. The van der Waals surface area contributed by atoms with Gasteiger partial charge in [0, 0.05) is 30.5 Å². The van der Waals surface area contributed by atoms with E-state index in [-0.39, 0.29) is 5.91 Å². The van der Waals surface area contributed by atoms with Gasteiger partial charge in [0.05, 0.1) is 12.8 Å². The Kier molecular flexibility index (Phi) is 6.10. The van der Waals surface area contributed by atoms with Gasteiger partial charge in [0.2, 0.25) is 0 Å². The van der Waals surface area contributed by atoms with Gasteiger partial charge in [-0.05, 0) is 41.8 Å². The minimum absolute atomic E-state index is 0.135. The van der Waals surface area contributed by atoms with Gasteiger partial charge in [-0.3, -0.25) is 4.79 Å².